The molecule has 43 heavy (non-hydrogen) atoms. The minimum Gasteiger partial charge on any atom is -0.461 e. The Morgan fingerprint density at radius 2 is 1.67 bits per heavy atom. The molecule has 1 aliphatic carbocycles. The lowest BCUT2D eigenvalue weighted by Crippen LogP contribution is -2.59. The van der Waals surface area contributed by atoms with Crippen molar-refractivity contribution in [1.29, 1.82) is 0 Å². The molecule has 0 aromatic rings. The van der Waals surface area contributed by atoms with Crippen LogP contribution < -0.4 is 10.6 Å². The first-order chi connectivity index (χ1) is 20.2. The van der Waals surface area contributed by atoms with Crippen molar-refractivity contribution < 1.29 is 24.1 Å². The van der Waals surface area contributed by atoms with Gasteiger partial charge in [0.15, 0.2) is 0 Å². The molecule has 3 N–H and O–H groups in total. The molecule has 252 valence electrons. The number of epoxide rings is 1. The van der Waals surface area contributed by atoms with Crippen molar-refractivity contribution in [2.24, 2.45) is 10.8 Å². The molecule has 0 aromatic heterocycles. The van der Waals surface area contributed by atoms with E-state index >= 15 is 0 Å². The number of nitrogens with zero attached hydrogens (tertiary/aromatic N) is 1. The van der Waals surface area contributed by atoms with Gasteiger partial charge < -0.3 is 19.3 Å². The number of hydrogen-bond acceptors (Lipinski definition) is 8. The second-order valence-corrected chi connectivity index (χ2v) is 16.2. The molecule has 3 rings (SSSR count). The van der Waals surface area contributed by atoms with Crippen molar-refractivity contribution in [1.82, 2.24) is 15.5 Å². The predicted molar refractivity (Wildman–Crippen MR) is 174 cm³/mol. The molecule has 0 spiro atoms. The van der Waals surface area contributed by atoms with Crippen LogP contribution in [-0.2, 0) is 19.0 Å². The maximum Gasteiger partial charge on any atom is 0.307 e. The largest absolute Gasteiger partial charge is 0.461 e. The van der Waals surface area contributed by atoms with Gasteiger partial charge in [-0.2, -0.15) is 0 Å². The Bertz CT molecular complexity index is 838. The van der Waals surface area contributed by atoms with Crippen LogP contribution in [0.5, 0.6) is 0 Å². The van der Waals surface area contributed by atoms with Crippen LogP contribution in [0.3, 0.4) is 0 Å². The van der Waals surface area contributed by atoms with Crippen LogP contribution in [0.1, 0.15) is 145 Å². The van der Waals surface area contributed by atoms with Gasteiger partial charge in [-0.05, 0) is 63.2 Å². The Labute approximate surface area is 263 Å². The van der Waals surface area contributed by atoms with Gasteiger partial charge in [-0.25, -0.2) is 0 Å². The minimum absolute atomic E-state index is 0.0777. The number of hydrogen-bond donors (Lipinski definition) is 3. The Kier molecular flexibility index (Phi) is 13.8. The number of aliphatic hydroxyl groups excluding tert-OH is 1. The highest BCUT2D eigenvalue weighted by Crippen LogP contribution is 2.41. The summed E-state index contributed by atoms with van der Waals surface area (Å²) in [6.45, 7) is 20.6. The van der Waals surface area contributed by atoms with Crippen LogP contribution in [0, 0.1) is 10.8 Å². The van der Waals surface area contributed by atoms with Crippen LogP contribution in [0.4, 0.5) is 0 Å². The van der Waals surface area contributed by atoms with Gasteiger partial charge in [0.2, 0.25) is 5.85 Å². The summed E-state index contributed by atoms with van der Waals surface area (Å²) in [5.74, 6) is -0.670. The van der Waals surface area contributed by atoms with Crippen LogP contribution in [0.25, 0.3) is 0 Å². The fraction of sp³-hybridized carbons (Fsp3) is 0.971. The van der Waals surface area contributed by atoms with E-state index in [9.17, 15) is 9.90 Å². The van der Waals surface area contributed by atoms with Crippen LogP contribution in [-0.4, -0.2) is 78.1 Å². The molecule has 8 heteroatoms. The summed E-state index contributed by atoms with van der Waals surface area (Å²) in [6, 6.07) is 0.0777. The lowest BCUT2D eigenvalue weighted by Gasteiger charge is -2.47. The highest BCUT2D eigenvalue weighted by atomic mass is 16.6. The second-order valence-electron chi connectivity index (χ2n) is 16.2. The Balaban J connectivity index is 1.49. The van der Waals surface area contributed by atoms with Crippen molar-refractivity contribution in [2.45, 2.75) is 181 Å². The molecule has 5 atom stereocenters. The standard InChI is InChI=1S/C35H67N3O5/c1-9-10-11-12-13-14-17-24-38(25-32(2,3)4)35(26-41-35)37-27-18-15-16-19-28(27)42-29(39)20-23-36-31(40)30-33(5,6)21-22-34(7,8)43-30/h27-28,30-31,36-37,40H,9-26H2,1-8H3. The third-order valence-corrected chi connectivity index (χ3v) is 9.58. The SMILES string of the molecule is CCCCCCCCCN(CC(C)(C)C)C1(NC2CCCCC2OC(=O)CCNC(O)C2OC(C)(C)CCC2(C)C)CO1. The van der Waals surface area contributed by atoms with E-state index in [1.807, 2.05) is 0 Å². The van der Waals surface area contributed by atoms with Crippen molar-refractivity contribution in [3.05, 3.63) is 0 Å². The number of ether oxygens (including phenoxy) is 3. The predicted octanol–water partition coefficient (Wildman–Crippen LogP) is 6.50. The van der Waals surface area contributed by atoms with E-state index in [-0.39, 0.29) is 47.1 Å². The highest BCUT2D eigenvalue weighted by Gasteiger charge is 2.53. The average Bonchev–Trinajstić information content (AvgIpc) is 3.70. The zero-order valence-electron chi connectivity index (χ0n) is 29.1. The highest BCUT2D eigenvalue weighted by molar-refractivity contribution is 5.69. The van der Waals surface area contributed by atoms with Crippen molar-refractivity contribution >= 4 is 5.97 Å². The Hall–Kier alpha value is -0.770. The zero-order chi connectivity index (χ0) is 31.7. The van der Waals surface area contributed by atoms with Gasteiger partial charge in [0.25, 0.3) is 0 Å². The molecule has 5 unspecified atom stereocenters. The molecule has 0 radical (unpaired) electrons. The van der Waals surface area contributed by atoms with Crippen LogP contribution in [0.2, 0.25) is 0 Å². The van der Waals surface area contributed by atoms with E-state index in [0.29, 0.717) is 13.2 Å². The molecule has 0 amide bonds. The molecule has 2 aliphatic heterocycles. The van der Waals surface area contributed by atoms with Crippen molar-refractivity contribution in [2.75, 3.05) is 26.2 Å². The van der Waals surface area contributed by atoms with Gasteiger partial charge >= 0.3 is 5.97 Å². The smallest absolute Gasteiger partial charge is 0.307 e. The van der Waals surface area contributed by atoms with Crippen molar-refractivity contribution in [3.63, 3.8) is 0 Å². The first-order valence-electron chi connectivity index (χ1n) is 17.6. The van der Waals surface area contributed by atoms with E-state index in [1.54, 1.807) is 0 Å². The summed E-state index contributed by atoms with van der Waals surface area (Å²) in [4.78, 5) is 15.5. The number of nitrogens with one attached hydrogen (secondary N) is 2. The fourth-order valence-corrected chi connectivity index (χ4v) is 6.81. The first kappa shape index (κ1) is 36.7. The van der Waals surface area contributed by atoms with Crippen molar-refractivity contribution in [3.8, 4) is 0 Å². The maximum atomic E-state index is 13.0. The summed E-state index contributed by atoms with van der Waals surface area (Å²) in [5, 5.41) is 17.9. The van der Waals surface area contributed by atoms with Gasteiger partial charge in [0.1, 0.15) is 25.0 Å². The number of esters is 1. The molecule has 3 fully saturated rings. The monoisotopic (exact) mass is 610 g/mol. The summed E-state index contributed by atoms with van der Waals surface area (Å²) in [5.41, 5.74) is -0.241. The normalized spacial score (nSPS) is 29.4. The van der Waals surface area contributed by atoms with Gasteiger partial charge in [0, 0.05) is 25.7 Å². The number of rotatable bonds is 18. The molecular formula is C35H67N3O5. The molecule has 0 aromatic carbocycles. The zero-order valence-corrected chi connectivity index (χ0v) is 29.1. The number of aliphatic hydroxyl groups is 1. The van der Waals surface area contributed by atoms with Gasteiger partial charge in [-0.15, -0.1) is 0 Å². The summed E-state index contributed by atoms with van der Waals surface area (Å²) < 4.78 is 18.5. The number of carbonyl (C=O) groups excluding carboxylic acids is 1. The molecule has 8 nitrogen and oxygen atoms in total. The van der Waals surface area contributed by atoms with Crippen LogP contribution >= 0.6 is 0 Å². The fourth-order valence-electron chi connectivity index (χ4n) is 6.81. The topological polar surface area (TPSA) is 95.6 Å². The van der Waals surface area contributed by atoms with Gasteiger partial charge in [0.05, 0.1) is 12.0 Å². The molecule has 3 aliphatic rings. The molecule has 1 saturated carbocycles. The first-order valence-corrected chi connectivity index (χ1v) is 17.6. The molecule has 0 bridgehead atoms. The summed E-state index contributed by atoms with van der Waals surface area (Å²) in [6.07, 6.45) is 13.9. The van der Waals surface area contributed by atoms with E-state index in [4.69, 9.17) is 14.2 Å². The lowest BCUT2D eigenvalue weighted by molar-refractivity contribution is -0.204. The maximum absolute atomic E-state index is 13.0. The van der Waals surface area contributed by atoms with Crippen LogP contribution in [0.15, 0.2) is 0 Å². The van der Waals surface area contributed by atoms with E-state index in [1.165, 1.54) is 44.9 Å². The van der Waals surface area contributed by atoms with Gasteiger partial charge in [-0.3, -0.25) is 20.3 Å². The molecule has 2 heterocycles. The molecular weight excluding hydrogens is 542 g/mol. The third kappa shape index (κ3) is 12.2. The summed E-state index contributed by atoms with van der Waals surface area (Å²) >= 11 is 0. The number of unbranched alkanes of at least 4 members (excludes halogenated alkanes) is 6. The third-order valence-electron chi connectivity index (χ3n) is 9.58. The van der Waals surface area contributed by atoms with E-state index in [0.717, 1.165) is 51.6 Å². The quantitative estimate of drug-likeness (QED) is 0.0702. The Morgan fingerprint density at radius 1 is 1.02 bits per heavy atom. The summed E-state index contributed by atoms with van der Waals surface area (Å²) in [7, 11) is 0. The Morgan fingerprint density at radius 3 is 2.33 bits per heavy atom. The average molecular weight is 610 g/mol. The lowest BCUT2D eigenvalue weighted by atomic mass is 9.75. The van der Waals surface area contributed by atoms with Gasteiger partial charge in [-0.1, -0.05) is 86.5 Å². The second kappa shape index (κ2) is 16.2. The van der Waals surface area contributed by atoms with E-state index < -0.39 is 12.1 Å². The van der Waals surface area contributed by atoms with E-state index in [2.05, 4.69) is 70.9 Å². The molecule has 2 saturated heterocycles. The minimum atomic E-state index is -0.830. The number of carbonyl (C=O) groups is 1.